The van der Waals surface area contributed by atoms with Crippen LogP contribution in [0.3, 0.4) is 0 Å². The van der Waals surface area contributed by atoms with Crippen molar-refractivity contribution in [2.75, 3.05) is 0 Å². The van der Waals surface area contributed by atoms with Crippen molar-refractivity contribution in [1.82, 2.24) is 4.67 Å². The van der Waals surface area contributed by atoms with E-state index in [9.17, 15) is 0 Å². The minimum atomic E-state index is -1.31. The predicted octanol–water partition coefficient (Wildman–Crippen LogP) is 4.77. The van der Waals surface area contributed by atoms with E-state index in [0.29, 0.717) is 0 Å². The van der Waals surface area contributed by atoms with Gasteiger partial charge < -0.3 is 0 Å². The topological polar surface area (TPSA) is 15.6 Å². The van der Waals surface area contributed by atoms with E-state index in [1.165, 1.54) is 0 Å². The summed E-state index contributed by atoms with van der Waals surface area (Å²) in [5.41, 5.74) is 0.339. The number of hydrogen-bond donors (Lipinski definition) is 0. The molecule has 0 aliphatic heterocycles. The van der Waals surface area contributed by atoms with Gasteiger partial charge in [0.05, 0.1) is 8.52 Å². The lowest BCUT2D eigenvalue weighted by molar-refractivity contribution is 0.153. The molecule has 0 heterocycles. The highest BCUT2D eigenvalue weighted by molar-refractivity contribution is 7.26. The number of hydrogen-bond acceptors (Lipinski definition) is 1. The van der Waals surface area contributed by atoms with Gasteiger partial charge in [0.2, 0.25) is 0 Å². The maximum atomic E-state index is 4.83. The van der Waals surface area contributed by atoms with E-state index in [-0.39, 0.29) is 11.1 Å². The molecule has 0 fully saturated rings. The molecule has 0 unspecified atom stereocenters. The molecule has 0 aliphatic rings. The average Bonchev–Trinajstić information content (AvgIpc) is 1.75. The van der Waals surface area contributed by atoms with Crippen LogP contribution in [0.25, 0.3) is 0 Å². The van der Waals surface area contributed by atoms with Crippen molar-refractivity contribution in [3.63, 3.8) is 0 Å². The van der Waals surface area contributed by atoms with Gasteiger partial charge in [-0.15, -0.1) is 0 Å². The van der Waals surface area contributed by atoms with Crippen molar-refractivity contribution in [2.45, 2.75) is 72.3 Å². The van der Waals surface area contributed by atoms with Crippen LogP contribution in [0.15, 0.2) is 4.41 Å². The fourth-order valence-corrected chi connectivity index (χ4v) is 3.42. The van der Waals surface area contributed by atoms with Crippen LogP contribution in [0.2, 0.25) is 19.6 Å². The van der Waals surface area contributed by atoms with Crippen LogP contribution < -0.4 is 0 Å². The lowest BCUT2D eigenvalue weighted by atomic mass is 10.0. The third-order valence-corrected chi connectivity index (χ3v) is 5.84. The molecule has 2 nitrogen and oxygen atoms in total. The quantitative estimate of drug-likeness (QED) is 0.506. The van der Waals surface area contributed by atoms with Crippen LogP contribution in [0.4, 0.5) is 0 Å². The third-order valence-electron chi connectivity index (χ3n) is 1.70. The van der Waals surface area contributed by atoms with Gasteiger partial charge in [-0.25, -0.2) is 4.67 Å². The van der Waals surface area contributed by atoms with E-state index in [2.05, 4.69) is 65.9 Å². The highest BCUT2D eigenvalue weighted by Crippen LogP contribution is 2.33. The maximum absolute atomic E-state index is 4.83. The lowest BCUT2D eigenvalue weighted by Crippen LogP contribution is -2.46. The monoisotopic (exact) mass is 246 g/mol. The van der Waals surface area contributed by atoms with Crippen molar-refractivity contribution in [2.24, 2.45) is 4.41 Å². The first-order chi connectivity index (χ1) is 6.34. The molecule has 90 valence electrons. The Hall–Kier alpha value is 0.277. The Kier molecular flexibility index (Phi) is 4.73. The normalized spacial score (nSPS) is 15.3. The molecule has 0 N–H and O–H groups in total. The predicted molar refractivity (Wildman–Crippen MR) is 74.0 cm³/mol. The van der Waals surface area contributed by atoms with Crippen LogP contribution in [-0.4, -0.2) is 24.0 Å². The largest absolute Gasteiger partial charge is 0.293 e. The van der Waals surface area contributed by atoms with Gasteiger partial charge in [-0.2, -0.15) is 0 Å². The Balaban J connectivity index is 4.94. The van der Waals surface area contributed by atoms with Gasteiger partial charge in [-0.3, -0.25) is 4.41 Å². The molecular weight excluding hydrogens is 219 g/mol. The second kappa shape index (κ2) is 4.64. The zero-order chi connectivity index (χ0) is 12.5. The molecule has 0 aromatic rings. The molecule has 0 radical (unpaired) electrons. The van der Waals surface area contributed by atoms with Crippen LogP contribution in [0.5, 0.6) is 0 Å². The number of rotatable bonds is 2. The van der Waals surface area contributed by atoms with E-state index in [0.717, 1.165) is 8.52 Å². The fraction of sp³-hybridized carbons (Fsp3) is 1.00. The van der Waals surface area contributed by atoms with Crippen molar-refractivity contribution in [3.05, 3.63) is 0 Å². The molecule has 0 amide bonds. The molecule has 0 aromatic carbocycles. The Labute approximate surface area is 98.5 Å². The standard InChI is InChI=1S/C11H27N2PSi/c1-10(2,3)13(11(4,5)6)14-12-15(7,8)9/h1-9H3. The van der Waals surface area contributed by atoms with E-state index >= 15 is 0 Å². The Morgan fingerprint density at radius 3 is 1.40 bits per heavy atom. The third kappa shape index (κ3) is 6.44. The summed E-state index contributed by atoms with van der Waals surface area (Å²) >= 11 is 0. The average molecular weight is 246 g/mol. The van der Waals surface area contributed by atoms with Gasteiger partial charge >= 0.3 is 0 Å². The Morgan fingerprint density at radius 2 is 1.20 bits per heavy atom. The molecule has 0 rings (SSSR count). The summed E-state index contributed by atoms with van der Waals surface area (Å²) in [6, 6.07) is 0. The zero-order valence-corrected chi connectivity index (χ0v) is 13.7. The highest BCUT2D eigenvalue weighted by Gasteiger charge is 2.31. The minimum absolute atomic E-state index is 0.170. The van der Waals surface area contributed by atoms with Crippen LogP contribution in [-0.2, 0) is 0 Å². The summed E-state index contributed by atoms with van der Waals surface area (Å²) in [5.74, 6) is 0. The summed E-state index contributed by atoms with van der Waals surface area (Å²) in [6.07, 6.45) is 0. The fourth-order valence-electron chi connectivity index (χ4n) is 1.45. The van der Waals surface area contributed by atoms with Crippen molar-refractivity contribution in [3.8, 4) is 0 Å². The summed E-state index contributed by atoms with van der Waals surface area (Å²) in [6.45, 7) is 20.4. The second-order valence-electron chi connectivity index (χ2n) is 7.01. The van der Waals surface area contributed by atoms with Crippen LogP contribution >= 0.6 is 8.52 Å². The maximum Gasteiger partial charge on any atom is 0.179 e. The molecule has 0 saturated carbocycles. The van der Waals surface area contributed by atoms with Gasteiger partial charge in [0.1, 0.15) is 0 Å². The summed E-state index contributed by atoms with van der Waals surface area (Å²) in [5, 5.41) is 0. The van der Waals surface area contributed by atoms with Gasteiger partial charge in [0.25, 0.3) is 0 Å². The lowest BCUT2D eigenvalue weighted by Gasteiger charge is -2.41. The molecule has 0 saturated heterocycles. The van der Waals surface area contributed by atoms with Crippen LogP contribution in [0.1, 0.15) is 41.5 Å². The summed E-state index contributed by atoms with van der Waals surface area (Å²) in [7, 11) is -0.177. The molecule has 0 atom stereocenters. The van der Waals surface area contributed by atoms with E-state index in [4.69, 9.17) is 4.41 Å². The molecule has 0 spiro atoms. The summed E-state index contributed by atoms with van der Waals surface area (Å²) < 4.78 is 7.27. The number of nitrogens with zero attached hydrogens (tertiary/aromatic N) is 2. The van der Waals surface area contributed by atoms with Gasteiger partial charge in [0.15, 0.2) is 8.24 Å². The molecule has 0 aliphatic carbocycles. The molecule has 0 aromatic heterocycles. The molecule has 4 heteroatoms. The highest BCUT2D eigenvalue weighted by atomic mass is 31.1. The van der Waals surface area contributed by atoms with E-state index in [1.54, 1.807) is 0 Å². The summed E-state index contributed by atoms with van der Waals surface area (Å²) in [4.78, 5) is 0. The van der Waals surface area contributed by atoms with E-state index in [1.807, 2.05) is 0 Å². The molecular formula is C11H27N2PSi. The zero-order valence-electron chi connectivity index (χ0n) is 11.8. The SMILES string of the molecule is CC(C)(C)N(P=N[Si](C)(C)C)C(C)(C)C. The Bertz CT molecular complexity index is 216. The van der Waals surface area contributed by atoms with Crippen molar-refractivity contribution in [1.29, 1.82) is 0 Å². The smallest absolute Gasteiger partial charge is 0.179 e. The second-order valence-corrected chi connectivity index (χ2v) is 12.7. The van der Waals surface area contributed by atoms with Gasteiger partial charge in [-0.1, -0.05) is 0 Å². The first-order valence-electron chi connectivity index (χ1n) is 5.57. The first kappa shape index (κ1) is 15.3. The van der Waals surface area contributed by atoms with Crippen molar-refractivity contribution < 1.29 is 0 Å². The minimum Gasteiger partial charge on any atom is -0.293 e. The Morgan fingerprint density at radius 1 is 0.867 bits per heavy atom. The van der Waals surface area contributed by atoms with Crippen molar-refractivity contribution >= 4 is 16.8 Å². The first-order valence-corrected chi connectivity index (χ1v) is 9.82. The van der Waals surface area contributed by atoms with E-state index < -0.39 is 8.24 Å². The molecule has 0 bridgehead atoms. The van der Waals surface area contributed by atoms with Gasteiger partial charge in [-0.05, 0) is 61.2 Å². The van der Waals surface area contributed by atoms with Gasteiger partial charge in [0, 0.05) is 11.1 Å². The van der Waals surface area contributed by atoms with Crippen LogP contribution in [0, 0.1) is 0 Å². The molecule has 15 heavy (non-hydrogen) atoms.